The lowest BCUT2D eigenvalue weighted by atomic mass is 10.1. The van der Waals surface area contributed by atoms with Gasteiger partial charge in [-0.1, -0.05) is 13.8 Å². The molecule has 1 aromatic rings. The van der Waals surface area contributed by atoms with Gasteiger partial charge >= 0.3 is 11.7 Å². The lowest BCUT2D eigenvalue weighted by Gasteiger charge is -1.98. The van der Waals surface area contributed by atoms with E-state index in [0.717, 1.165) is 0 Å². The Hall–Kier alpha value is -1.92. The van der Waals surface area contributed by atoms with Crippen LogP contribution in [-0.4, -0.2) is 25.8 Å². The molecule has 0 saturated carbocycles. The van der Waals surface area contributed by atoms with Crippen LogP contribution in [0.4, 0.5) is 5.69 Å². The number of hydrogen-bond donors (Lipinski definition) is 1. The smallest absolute Gasteiger partial charge is 0.314 e. The van der Waals surface area contributed by atoms with E-state index in [4.69, 9.17) is 5.11 Å². The third-order valence-electron chi connectivity index (χ3n) is 2.21. The molecule has 0 fully saturated rings. The first-order chi connectivity index (χ1) is 7.34. The van der Waals surface area contributed by atoms with E-state index >= 15 is 0 Å². The van der Waals surface area contributed by atoms with Crippen LogP contribution in [0.25, 0.3) is 0 Å². The molecule has 1 rings (SSSR count). The Labute approximate surface area is 91.8 Å². The van der Waals surface area contributed by atoms with E-state index in [-0.39, 0.29) is 17.3 Å². The Morgan fingerprint density at radius 3 is 2.56 bits per heavy atom. The van der Waals surface area contributed by atoms with Crippen LogP contribution in [0.15, 0.2) is 0 Å². The predicted molar refractivity (Wildman–Crippen MR) is 55.3 cm³/mol. The zero-order valence-corrected chi connectivity index (χ0v) is 9.30. The van der Waals surface area contributed by atoms with Gasteiger partial charge in [0, 0.05) is 13.0 Å². The Bertz CT molecular complexity index is 436. The van der Waals surface area contributed by atoms with Gasteiger partial charge in [-0.05, 0) is 0 Å². The number of rotatable bonds is 4. The van der Waals surface area contributed by atoms with E-state index in [1.807, 2.05) is 0 Å². The molecule has 1 N–H and O–H groups in total. The van der Waals surface area contributed by atoms with Gasteiger partial charge in [0.2, 0.25) is 0 Å². The first-order valence-corrected chi connectivity index (χ1v) is 4.76. The SMILES string of the molecule is CC(C)c1nn(C)c(CC(=O)O)c1[N+](=O)[O-]. The highest BCUT2D eigenvalue weighted by Gasteiger charge is 2.29. The maximum atomic E-state index is 10.9. The number of hydrogen-bond acceptors (Lipinski definition) is 4. The highest BCUT2D eigenvalue weighted by Crippen LogP contribution is 2.29. The van der Waals surface area contributed by atoms with Gasteiger partial charge in [0.25, 0.3) is 0 Å². The second-order valence-corrected chi connectivity index (χ2v) is 3.79. The van der Waals surface area contributed by atoms with Crippen LogP contribution in [0.1, 0.15) is 31.2 Å². The fourth-order valence-corrected chi connectivity index (χ4v) is 1.50. The monoisotopic (exact) mass is 227 g/mol. The molecule has 0 aliphatic heterocycles. The molecule has 0 aliphatic rings. The molecule has 0 saturated heterocycles. The van der Waals surface area contributed by atoms with Gasteiger partial charge < -0.3 is 5.11 Å². The van der Waals surface area contributed by atoms with Gasteiger partial charge in [-0.2, -0.15) is 5.10 Å². The van der Waals surface area contributed by atoms with Crippen molar-refractivity contribution in [3.05, 3.63) is 21.5 Å². The number of nitrogens with zero attached hydrogens (tertiary/aromatic N) is 3. The summed E-state index contributed by atoms with van der Waals surface area (Å²) >= 11 is 0. The van der Waals surface area contributed by atoms with Crippen molar-refractivity contribution >= 4 is 11.7 Å². The minimum atomic E-state index is -1.11. The molecule has 0 spiro atoms. The van der Waals surface area contributed by atoms with E-state index in [2.05, 4.69) is 5.10 Å². The zero-order valence-electron chi connectivity index (χ0n) is 9.30. The first-order valence-electron chi connectivity index (χ1n) is 4.76. The molecule has 0 aliphatic carbocycles. The summed E-state index contributed by atoms with van der Waals surface area (Å²) in [5.74, 6) is -1.23. The molecule has 1 aromatic heterocycles. The van der Waals surface area contributed by atoms with Crippen molar-refractivity contribution in [2.75, 3.05) is 0 Å². The minimum Gasteiger partial charge on any atom is -0.481 e. The van der Waals surface area contributed by atoms with Gasteiger partial charge in [0.1, 0.15) is 11.4 Å². The van der Waals surface area contributed by atoms with Crippen molar-refractivity contribution in [2.45, 2.75) is 26.2 Å². The second-order valence-electron chi connectivity index (χ2n) is 3.79. The third-order valence-corrected chi connectivity index (χ3v) is 2.21. The van der Waals surface area contributed by atoms with Crippen molar-refractivity contribution in [1.82, 2.24) is 9.78 Å². The number of carboxylic acids is 1. The molecule has 0 aromatic carbocycles. The summed E-state index contributed by atoms with van der Waals surface area (Å²) < 4.78 is 1.27. The summed E-state index contributed by atoms with van der Waals surface area (Å²) in [6.07, 6.45) is -0.396. The summed E-state index contributed by atoms with van der Waals surface area (Å²) in [5, 5.41) is 23.6. The lowest BCUT2D eigenvalue weighted by Crippen LogP contribution is -2.08. The molecule has 0 radical (unpaired) electrons. The molecule has 0 unspecified atom stereocenters. The van der Waals surface area contributed by atoms with Crippen LogP contribution < -0.4 is 0 Å². The van der Waals surface area contributed by atoms with Crippen LogP contribution in [0.3, 0.4) is 0 Å². The summed E-state index contributed by atoms with van der Waals surface area (Å²) in [6.45, 7) is 3.56. The first kappa shape index (κ1) is 12.2. The Morgan fingerprint density at radius 2 is 2.19 bits per heavy atom. The molecular formula is C9H13N3O4. The Morgan fingerprint density at radius 1 is 1.62 bits per heavy atom. The number of aryl methyl sites for hydroxylation is 1. The summed E-state index contributed by atoms with van der Waals surface area (Å²) in [5.41, 5.74) is 0.268. The molecule has 1 heterocycles. The van der Waals surface area contributed by atoms with Crippen LogP contribution in [0.5, 0.6) is 0 Å². The number of aromatic nitrogens is 2. The van der Waals surface area contributed by atoms with Crippen molar-refractivity contribution in [2.24, 2.45) is 7.05 Å². The van der Waals surface area contributed by atoms with E-state index in [0.29, 0.717) is 5.69 Å². The summed E-state index contributed by atoms with van der Waals surface area (Å²) in [4.78, 5) is 20.9. The average molecular weight is 227 g/mol. The number of aliphatic carboxylic acids is 1. The quantitative estimate of drug-likeness (QED) is 0.613. The lowest BCUT2D eigenvalue weighted by molar-refractivity contribution is -0.386. The Balaban J connectivity index is 3.35. The maximum Gasteiger partial charge on any atom is 0.314 e. The molecule has 16 heavy (non-hydrogen) atoms. The van der Waals surface area contributed by atoms with E-state index in [1.165, 1.54) is 11.7 Å². The number of nitro groups is 1. The van der Waals surface area contributed by atoms with Gasteiger partial charge in [0.15, 0.2) is 0 Å². The second kappa shape index (κ2) is 4.30. The van der Waals surface area contributed by atoms with E-state index in [1.54, 1.807) is 13.8 Å². The fraction of sp³-hybridized carbons (Fsp3) is 0.556. The highest BCUT2D eigenvalue weighted by atomic mass is 16.6. The van der Waals surface area contributed by atoms with Crippen LogP contribution >= 0.6 is 0 Å². The topological polar surface area (TPSA) is 98.3 Å². The van der Waals surface area contributed by atoms with Gasteiger partial charge in [-0.3, -0.25) is 19.6 Å². The van der Waals surface area contributed by atoms with Crippen molar-refractivity contribution in [3.8, 4) is 0 Å². The molecule has 7 heteroatoms. The zero-order chi connectivity index (χ0) is 12.5. The molecular weight excluding hydrogens is 214 g/mol. The number of carboxylic acid groups (broad SMARTS) is 1. The largest absolute Gasteiger partial charge is 0.481 e. The average Bonchev–Trinajstić information content (AvgIpc) is 2.43. The van der Waals surface area contributed by atoms with Crippen molar-refractivity contribution in [3.63, 3.8) is 0 Å². The molecule has 0 bridgehead atoms. The molecule has 0 atom stereocenters. The molecule has 88 valence electrons. The Kier molecular flexibility index (Phi) is 3.26. The van der Waals surface area contributed by atoms with E-state index < -0.39 is 17.3 Å². The molecule has 7 nitrogen and oxygen atoms in total. The summed E-state index contributed by atoms with van der Waals surface area (Å²) in [6, 6.07) is 0. The minimum absolute atomic E-state index is 0.117. The van der Waals surface area contributed by atoms with Gasteiger partial charge in [0.05, 0.1) is 11.3 Å². The van der Waals surface area contributed by atoms with Gasteiger partial charge in [-0.15, -0.1) is 0 Å². The normalized spacial score (nSPS) is 10.8. The van der Waals surface area contributed by atoms with Crippen LogP contribution in [0, 0.1) is 10.1 Å². The predicted octanol–water partition coefficient (Wildman–Crippen LogP) is 1.08. The van der Waals surface area contributed by atoms with Crippen molar-refractivity contribution in [1.29, 1.82) is 0 Å². The van der Waals surface area contributed by atoms with Crippen LogP contribution in [0.2, 0.25) is 0 Å². The highest BCUT2D eigenvalue weighted by molar-refractivity contribution is 5.71. The number of carbonyl (C=O) groups is 1. The summed E-state index contributed by atoms with van der Waals surface area (Å²) in [7, 11) is 1.51. The van der Waals surface area contributed by atoms with Gasteiger partial charge in [-0.25, -0.2) is 0 Å². The standard InChI is InChI=1S/C9H13N3O4/c1-5(2)8-9(12(15)16)6(4-7(13)14)11(3)10-8/h5H,4H2,1-3H3,(H,13,14). The third kappa shape index (κ3) is 2.18. The fourth-order valence-electron chi connectivity index (χ4n) is 1.50. The van der Waals surface area contributed by atoms with Crippen molar-refractivity contribution < 1.29 is 14.8 Å². The van der Waals surface area contributed by atoms with E-state index in [9.17, 15) is 14.9 Å². The molecule has 0 amide bonds. The maximum absolute atomic E-state index is 10.9. The van der Waals surface area contributed by atoms with Crippen LogP contribution in [-0.2, 0) is 18.3 Å².